The molecule has 0 bridgehead atoms. The highest BCUT2D eigenvalue weighted by Gasteiger charge is 2.17. The van der Waals surface area contributed by atoms with Crippen molar-refractivity contribution in [2.45, 2.75) is 19.4 Å². The zero-order chi connectivity index (χ0) is 13.7. The van der Waals surface area contributed by atoms with Crippen LogP contribution in [0.4, 0.5) is 0 Å². The van der Waals surface area contributed by atoms with Gasteiger partial charge in [0.25, 0.3) is 0 Å². The van der Waals surface area contributed by atoms with E-state index in [1.807, 2.05) is 0 Å². The molecule has 5 nitrogen and oxygen atoms in total. The van der Waals surface area contributed by atoms with Gasteiger partial charge in [0.1, 0.15) is 6.04 Å². The molecular weight excluding hydrogens is 302 g/mol. The quantitative estimate of drug-likeness (QED) is 0.806. The lowest BCUT2D eigenvalue weighted by molar-refractivity contribution is -0.144. The molecular formula is C12H16BrNO4. The molecule has 1 atom stereocenters. The fourth-order valence-electron chi connectivity index (χ4n) is 1.49. The Morgan fingerprint density at radius 1 is 1.56 bits per heavy atom. The summed E-state index contributed by atoms with van der Waals surface area (Å²) in [6, 6.07) is 2.60. The van der Waals surface area contributed by atoms with Gasteiger partial charge in [-0.1, -0.05) is 0 Å². The van der Waals surface area contributed by atoms with Crippen LogP contribution < -0.4 is 10.5 Å². The van der Waals surface area contributed by atoms with E-state index in [1.165, 1.54) is 7.11 Å². The largest absolute Gasteiger partial charge is 0.503 e. The van der Waals surface area contributed by atoms with Crippen LogP contribution in [0.2, 0.25) is 0 Å². The number of phenols is 1. The van der Waals surface area contributed by atoms with Crippen LogP contribution in [0, 0.1) is 0 Å². The van der Waals surface area contributed by atoms with Crippen LogP contribution >= 0.6 is 15.9 Å². The second-order valence-electron chi connectivity index (χ2n) is 3.69. The van der Waals surface area contributed by atoms with Gasteiger partial charge in [-0.15, -0.1) is 0 Å². The van der Waals surface area contributed by atoms with Crippen LogP contribution in [0.25, 0.3) is 0 Å². The zero-order valence-corrected chi connectivity index (χ0v) is 11.9. The summed E-state index contributed by atoms with van der Waals surface area (Å²) in [5, 5.41) is 9.65. The Balaban J connectivity index is 2.85. The second kappa shape index (κ2) is 6.61. The molecule has 3 N–H and O–H groups in total. The van der Waals surface area contributed by atoms with Crippen LogP contribution in [-0.4, -0.2) is 30.8 Å². The summed E-state index contributed by atoms with van der Waals surface area (Å²) in [6.45, 7) is 2.03. The van der Waals surface area contributed by atoms with Gasteiger partial charge in [0, 0.05) is 0 Å². The molecule has 0 aliphatic rings. The molecule has 0 aromatic heterocycles. The molecule has 0 spiro atoms. The Morgan fingerprint density at radius 2 is 2.22 bits per heavy atom. The minimum atomic E-state index is -0.730. The number of hydrogen-bond donors (Lipinski definition) is 2. The predicted octanol–water partition coefficient (Wildman–Crippen LogP) is 1.60. The molecule has 1 aromatic carbocycles. The molecule has 0 saturated carbocycles. The molecule has 1 rings (SSSR count). The third-order valence-electron chi connectivity index (χ3n) is 2.35. The number of carbonyl (C=O) groups is 1. The minimum Gasteiger partial charge on any atom is -0.503 e. The van der Waals surface area contributed by atoms with Crippen LogP contribution in [0.3, 0.4) is 0 Å². The monoisotopic (exact) mass is 317 g/mol. The van der Waals surface area contributed by atoms with E-state index in [-0.39, 0.29) is 5.75 Å². The third-order valence-corrected chi connectivity index (χ3v) is 2.96. The van der Waals surface area contributed by atoms with Crippen molar-refractivity contribution in [1.82, 2.24) is 0 Å². The van der Waals surface area contributed by atoms with E-state index in [2.05, 4.69) is 15.9 Å². The number of carbonyl (C=O) groups excluding carboxylic acids is 1. The smallest absolute Gasteiger partial charge is 0.323 e. The molecule has 0 fully saturated rings. The van der Waals surface area contributed by atoms with Gasteiger partial charge in [-0.25, -0.2) is 0 Å². The Hall–Kier alpha value is -1.27. The number of aromatic hydroxyl groups is 1. The molecule has 0 heterocycles. The highest BCUT2D eigenvalue weighted by Crippen LogP contribution is 2.35. The molecule has 18 heavy (non-hydrogen) atoms. The molecule has 0 amide bonds. The maximum absolute atomic E-state index is 11.4. The number of benzene rings is 1. The van der Waals surface area contributed by atoms with Crippen LogP contribution in [0.5, 0.6) is 11.5 Å². The van der Waals surface area contributed by atoms with Crippen LogP contribution in [0.1, 0.15) is 12.5 Å². The number of nitrogens with two attached hydrogens (primary N) is 1. The van der Waals surface area contributed by atoms with Gasteiger partial charge in [-0.05, 0) is 47.0 Å². The Labute approximate surface area is 114 Å². The fourth-order valence-corrected chi connectivity index (χ4v) is 1.98. The summed E-state index contributed by atoms with van der Waals surface area (Å²) in [6.07, 6.45) is 0.314. The van der Waals surface area contributed by atoms with E-state index >= 15 is 0 Å². The van der Waals surface area contributed by atoms with Crippen LogP contribution in [-0.2, 0) is 16.0 Å². The van der Waals surface area contributed by atoms with Gasteiger partial charge in [0.05, 0.1) is 18.2 Å². The Morgan fingerprint density at radius 3 is 2.78 bits per heavy atom. The number of hydrogen-bond acceptors (Lipinski definition) is 5. The molecule has 0 radical (unpaired) electrons. The topological polar surface area (TPSA) is 81.8 Å². The first-order valence-electron chi connectivity index (χ1n) is 5.47. The molecule has 100 valence electrons. The highest BCUT2D eigenvalue weighted by molar-refractivity contribution is 9.10. The van der Waals surface area contributed by atoms with E-state index < -0.39 is 12.0 Å². The van der Waals surface area contributed by atoms with Gasteiger partial charge >= 0.3 is 5.97 Å². The van der Waals surface area contributed by atoms with Gasteiger partial charge in [-0.2, -0.15) is 0 Å². The number of ether oxygens (including phenoxy) is 2. The average molecular weight is 318 g/mol. The van der Waals surface area contributed by atoms with Gasteiger partial charge < -0.3 is 20.3 Å². The van der Waals surface area contributed by atoms with E-state index in [1.54, 1.807) is 19.1 Å². The minimum absolute atomic E-state index is 0.0194. The summed E-state index contributed by atoms with van der Waals surface area (Å²) in [5.41, 5.74) is 6.50. The molecule has 0 saturated heterocycles. The first-order chi connectivity index (χ1) is 8.49. The maximum atomic E-state index is 11.4. The Kier molecular flexibility index (Phi) is 5.43. The van der Waals surface area contributed by atoms with Crippen molar-refractivity contribution in [3.8, 4) is 11.5 Å². The van der Waals surface area contributed by atoms with Crippen molar-refractivity contribution in [2.75, 3.05) is 13.7 Å². The molecule has 1 aromatic rings. The van der Waals surface area contributed by atoms with E-state index in [4.69, 9.17) is 15.2 Å². The SMILES string of the molecule is CCOC(=O)C(N)Cc1cc(Br)c(O)c(OC)c1. The summed E-state index contributed by atoms with van der Waals surface area (Å²) in [7, 11) is 1.45. The fraction of sp³-hybridized carbons (Fsp3) is 0.417. The summed E-state index contributed by atoms with van der Waals surface area (Å²) in [5.74, 6) is -0.0953. The standard InChI is InChI=1S/C12H16BrNO4/c1-3-18-12(16)9(14)5-7-4-8(13)11(15)10(6-7)17-2/h4,6,9,15H,3,5,14H2,1-2H3. The first kappa shape index (κ1) is 14.8. The van der Waals surface area contributed by atoms with Gasteiger partial charge in [0.15, 0.2) is 11.5 Å². The highest BCUT2D eigenvalue weighted by atomic mass is 79.9. The molecule has 0 aliphatic heterocycles. The van der Waals surface area contributed by atoms with Crippen molar-refractivity contribution in [3.63, 3.8) is 0 Å². The molecule has 1 unspecified atom stereocenters. The zero-order valence-electron chi connectivity index (χ0n) is 10.3. The first-order valence-corrected chi connectivity index (χ1v) is 6.26. The lowest BCUT2D eigenvalue weighted by atomic mass is 10.1. The lowest BCUT2D eigenvalue weighted by Crippen LogP contribution is -2.34. The predicted molar refractivity (Wildman–Crippen MR) is 70.7 cm³/mol. The van der Waals surface area contributed by atoms with E-state index in [9.17, 15) is 9.90 Å². The number of phenolic OH excluding ortho intramolecular Hbond substituents is 1. The van der Waals surface area contributed by atoms with Crippen molar-refractivity contribution >= 4 is 21.9 Å². The normalized spacial score (nSPS) is 12.0. The van der Waals surface area contributed by atoms with Gasteiger partial charge in [-0.3, -0.25) is 4.79 Å². The van der Waals surface area contributed by atoms with Crippen LogP contribution in [0.15, 0.2) is 16.6 Å². The Bertz CT molecular complexity index is 436. The van der Waals surface area contributed by atoms with E-state index in [0.717, 1.165) is 5.56 Å². The van der Waals surface area contributed by atoms with Crippen molar-refractivity contribution in [1.29, 1.82) is 0 Å². The summed E-state index contributed by atoms with van der Waals surface area (Å²) < 4.78 is 10.3. The number of rotatable bonds is 5. The molecule has 6 heteroatoms. The summed E-state index contributed by atoms with van der Waals surface area (Å²) in [4.78, 5) is 11.4. The van der Waals surface area contributed by atoms with Crippen molar-refractivity contribution in [2.24, 2.45) is 5.73 Å². The van der Waals surface area contributed by atoms with Gasteiger partial charge in [0.2, 0.25) is 0 Å². The molecule has 0 aliphatic carbocycles. The maximum Gasteiger partial charge on any atom is 0.323 e. The van der Waals surface area contributed by atoms with E-state index in [0.29, 0.717) is 23.2 Å². The number of esters is 1. The summed E-state index contributed by atoms with van der Waals surface area (Å²) >= 11 is 3.21. The second-order valence-corrected chi connectivity index (χ2v) is 4.55. The number of halogens is 1. The number of methoxy groups -OCH3 is 1. The third kappa shape index (κ3) is 3.61. The average Bonchev–Trinajstić information content (AvgIpc) is 2.33. The van der Waals surface area contributed by atoms with Crippen molar-refractivity contribution < 1.29 is 19.4 Å². The van der Waals surface area contributed by atoms with Crippen molar-refractivity contribution in [3.05, 3.63) is 22.2 Å². The lowest BCUT2D eigenvalue weighted by Gasteiger charge is -2.12.